The van der Waals surface area contributed by atoms with E-state index in [1.807, 2.05) is 0 Å². The van der Waals surface area contributed by atoms with E-state index in [2.05, 4.69) is 6.92 Å². The summed E-state index contributed by atoms with van der Waals surface area (Å²) in [4.78, 5) is 0. The highest BCUT2D eigenvalue weighted by molar-refractivity contribution is 7.21. The van der Waals surface area contributed by atoms with Gasteiger partial charge >= 0.3 is 0 Å². The van der Waals surface area contributed by atoms with Gasteiger partial charge in [0.15, 0.2) is 7.38 Å². The fourth-order valence-electron chi connectivity index (χ4n) is 5.91. The Morgan fingerprint density at radius 1 is 0.875 bits per heavy atom. The monoisotopic (exact) mass is 376 g/mol. The minimum atomic E-state index is -2.38. The van der Waals surface area contributed by atoms with Crippen molar-refractivity contribution < 1.29 is 8.78 Å². The molecule has 0 nitrogen and oxygen atoms in total. The predicted octanol–water partition coefficient (Wildman–Crippen LogP) is 7.77. The molecule has 0 bridgehead atoms. The van der Waals surface area contributed by atoms with Crippen LogP contribution in [0.25, 0.3) is 0 Å². The molecular weight excluding hydrogens is 342 g/mol. The Bertz CT molecular complexity index is 388. The van der Waals surface area contributed by atoms with Gasteiger partial charge in [-0.25, -0.2) is 8.78 Å². The second-order valence-corrected chi connectivity index (χ2v) is 15.2. The fraction of sp³-hybridized carbons (Fsp3) is 1.00. The highest BCUT2D eigenvalue weighted by atomic mass is 35.6. The van der Waals surface area contributed by atoms with Crippen molar-refractivity contribution in [1.29, 1.82) is 0 Å². The number of rotatable bonds is 4. The van der Waals surface area contributed by atoms with Crippen molar-refractivity contribution in [2.75, 3.05) is 0 Å². The number of halogens is 3. The lowest BCUT2D eigenvalue weighted by atomic mass is 9.76. The molecule has 3 rings (SSSR count). The number of hydrogen-bond donors (Lipinski definition) is 0. The van der Waals surface area contributed by atoms with Crippen molar-refractivity contribution >= 4 is 18.5 Å². The lowest BCUT2D eigenvalue weighted by Crippen LogP contribution is -2.41. The van der Waals surface area contributed by atoms with Crippen molar-refractivity contribution in [3.05, 3.63) is 0 Å². The molecule has 0 aromatic rings. The van der Waals surface area contributed by atoms with Gasteiger partial charge in [0.1, 0.15) is 0 Å². The van der Waals surface area contributed by atoms with Crippen molar-refractivity contribution in [3.8, 4) is 0 Å². The summed E-state index contributed by atoms with van der Waals surface area (Å²) in [5.74, 6) is -0.175. The van der Waals surface area contributed by atoms with E-state index in [1.165, 1.54) is 63.5 Å². The molecule has 0 radical (unpaired) electrons. The molecule has 0 unspecified atom stereocenters. The zero-order valence-electron chi connectivity index (χ0n) is 15.3. The molecule has 0 N–H and O–H groups in total. The van der Waals surface area contributed by atoms with Gasteiger partial charge in [0.2, 0.25) is 5.92 Å². The summed E-state index contributed by atoms with van der Waals surface area (Å²) in [7, 11) is -1.60. The van der Waals surface area contributed by atoms with Crippen molar-refractivity contribution in [3.63, 3.8) is 0 Å². The van der Waals surface area contributed by atoms with Gasteiger partial charge in [-0.3, -0.25) is 0 Å². The van der Waals surface area contributed by atoms with Crippen molar-refractivity contribution in [1.82, 2.24) is 0 Å². The molecule has 0 atom stereocenters. The third kappa shape index (κ3) is 4.55. The molecule has 0 spiro atoms. The van der Waals surface area contributed by atoms with Crippen LogP contribution in [0.5, 0.6) is 0 Å². The van der Waals surface area contributed by atoms with Gasteiger partial charge in [0.25, 0.3) is 0 Å². The summed E-state index contributed by atoms with van der Waals surface area (Å²) in [6.07, 6.45) is 12.5. The fourth-order valence-corrected chi connectivity index (χ4v) is 11.4. The summed E-state index contributed by atoms with van der Waals surface area (Å²) in [6.45, 7) is 2.30. The molecule has 1 aliphatic heterocycles. The Hall–Kier alpha value is 0.367. The first-order valence-corrected chi connectivity index (χ1v) is 14.0. The lowest BCUT2D eigenvalue weighted by molar-refractivity contribution is -0.0529. The second kappa shape index (κ2) is 7.94. The molecule has 3 aliphatic rings. The Morgan fingerprint density at radius 3 is 1.96 bits per heavy atom. The molecule has 24 heavy (non-hydrogen) atoms. The summed E-state index contributed by atoms with van der Waals surface area (Å²) in [5.41, 5.74) is 0.837. The summed E-state index contributed by atoms with van der Waals surface area (Å²) >= 11 is 7.25. The van der Waals surface area contributed by atoms with Gasteiger partial charge in [0.05, 0.1) is 0 Å². The molecule has 140 valence electrons. The van der Waals surface area contributed by atoms with Crippen molar-refractivity contribution in [2.24, 2.45) is 17.8 Å². The van der Waals surface area contributed by atoms with Crippen LogP contribution in [0.15, 0.2) is 0 Å². The Kier molecular flexibility index (Phi) is 6.33. The van der Waals surface area contributed by atoms with Crippen LogP contribution >= 0.6 is 11.1 Å². The second-order valence-electron chi connectivity index (χ2n) is 9.07. The van der Waals surface area contributed by atoms with Crippen LogP contribution in [0, 0.1) is 17.8 Å². The minimum Gasteiger partial charge on any atom is -0.207 e. The third-order valence-corrected chi connectivity index (χ3v) is 13.9. The topological polar surface area (TPSA) is 0 Å². The highest BCUT2D eigenvalue weighted by Crippen LogP contribution is 2.52. The van der Waals surface area contributed by atoms with Gasteiger partial charge < -0.3 is 0 Å². The van der Waals surface area contributed by atoms with E-state index in [0.717, 1.165) is 24.3 Å². The maximum atomic E-state index is 13.4. The van der Waals surface area contributed by atoms with E-state index in [1.54, 1.807) is 0 Å². The zero-order chi connectivity index (χ0) is 17.2. The molecule has 4 heteroatoms. The van der Waals surface area contributed by atoms with Gasteiger partial charge in [0, 0.05) is 12.8 Å². The third-order valence-electron chi connectivity index (χ3n) is 7.57. The van der Waals surface area contributed by atoms with Gasteiger partial charge in [-0.1, -0.05) is 58.3 Å². The molecule has 2 aliphatic carbocycles. The molecule has 3 fully saturated rings. The predicted molar refractivity (Wildman–Crippen MR) is 101 cm³/mol. The van der Waals surface area contributed by atoms with Crippen LogP contribution in [0.2, 0.25) is 17.6 Å². The summed E-state index contributed by atoms with van der Waals surface area (Å²) in [5, 5.41) is 0. The first kappa shape index (κ1) is 19.1. The first-order valence-electron chi connectivity index (χ1n) is 10.5. The molecular formula is C20H35ClF2Si. The van der Waals surface area contributed by atoms with Gasteiger partial charge in [-0.15, -0.1) is 0 Å². The van der Waals surface area contributed by atoms with Crippen LogP contribution in [0.1, 0.15) is 84.0 Å². The Labute approximate surface area is 152 Å². The average Bonchev–Trinajstić information content (AvgIpc) is 2.57. The minimum absolute atomic E-state index is 0.124. The summed E-state index contributed by atoms with van der Waals surface area (Å²) in [6, 6.07) is 2.52. The first-order chi connectivity index (χ1) is 11.4. The zero-order valence-corrected chi connectivity index (χ0v) is 17.1. The standard InChI is InChI=1S/C20H35ClF2Si/c1-2-3-16-4-6-19(7-5-16)24(21)14-10-18(11-15-24)17-8-12-20(22,23)13-9-17/h16-19H,2-15H2,1H3. The molecule has 0 amide bonds. The smallest absolute Gasteiger partial charge is 0.207 e. The number of alkyl halides is 2. The normalized spacial score (nSPS) is 41.2. The van der Waals surface area contributed by atoms with Crippen LogP contribution in [-0.2, 0) is 0 Å². The van der Waals surface area contributed by atoms with E-state index >= 15 is 0 Å². The maximum absolute atomic E-state index is 13.4. The Balaban J connectivity index is 1.46. The van der Waals surface area contributed by atoms with Crippen LogP contribution in [0.4, 0.5) is 8.78 Å². The van der Waals surface area contributed by atoms with E-state index in [-0.39, 0.29) is 12.8 Å². The Morgan fingerprint density at radius 2 is 1.42 bits per heavy atom. The van der Waals surface area contributed by atoms with Gasteiger partial charge in [-0.2, -0.15) is 11.1 Å². The largest absolute Gasteiger partial charge is 0.248 e. The number of hydrogen-bond acceptors (Lipinski definition) is 0. The molecule has 1 saturated heterocycles. The van der Waals surface area contributed by atoms with E-state index in [4.69, 9.17) is 11.1 Å². The van der Waals surface area contributed by atoms with Crippen LogP contribution in [-0.4, -0.2) is 13.3 Å². The van der Waals surface area contributed by atoms with Crippen LogP contribution in [0.3, 0.4) is 0 Å². The molecule has 0 aromatic carbocycles. The van der Waals surface area contributed by atoms with E-state index in [0.29, 0.717) is 11.8 Å². The quantitative estimate of drug-likeness (QED) is 0.347. The molecule has 2 saturated carbocycles. The highest BCUT2D eigenvalue weighted by Gasteiger charge is 2.46. The average molecular weight is 377 g/mol. The van der Waals surface area contributed by atoms with E-state index < -0.39 is 13.3 Å². The maximum Gasteiger partial charge on any atom is 0.248 e. The van der Waals surface area contributed by atoms with Crippen molar-refractivity contribution in [2.45, 2.75) is 108 Å². The molecule has 1 heterocycles. The van der Waals surface area contributed by atoms with Gasteiger partial charge in [-0.05, 0) is 48.2 Å². The van der Waals surface area contributed by atoms with E-state index in [9.17, 15) is 8.78 Å². The molecule has 0 aromatic heterocycles. The summed E-state index contributed by atoms with van der Waals surface area (Å²) < 4.78 is 26.8. The SMILES string of the molecule is CCCC1CCC([Si]2(Cl)CCC(C3CCC(F)(F)CC3)CC2)CC1. The van der Waals surface area contributed by atoms with Crippen LogP contribution < -0.4 is 0 Å². The lowest BCUT2D eigenvalue weighted by Gasteiger charge is -2.44.